The van der Waals surface area contributed by atoms with E-state index in [2.05, 4.69) is 25.8 Å². The molecule has 0 spiro atoms. The van der Waals surface area contributed by atoms with Gasteiger partial charge in [-0.1, -0.05) is 42.5 Å². The Morgan fingerprint density at radius 3 is 2.75 bits per heavy atom. The van der Waals surface area contributed by atoms with Gasteiger partial charge in [-0.25, -0.2) is 9.78 Å². The SMILES string of the molecule is CC(=S)NCCCCC(NC(=O)O)c1nc(-c2ccccc2)n[nH]1. The number of nitrogens with one attached hydrogen (secondary N) is 3. The molecule has 8 heteroatoms. The Morgan fingerprint density at radius 2 is 2.08 bits per heavy atom. The number of nitrogens with zero attached hydrogens (tertiary/aromatic N) is 2. The second-order valence-corrected chi connectivity index (χ2v) is 6.00. The first kappa shape index (κ1) is 17.9. The van der Waals surface area contributed by atoms with E-state index < -0.39 is 12.1 Å². The monoisotopic (exact) mass is 347 g/mol. The molecule has 1 heterocycles. The Hall–Kier alpha value is -2.48. The van der Waals surface area contributed by atoms with Crippen LogP contribution in [0.1, 0.15) is 38.1 Å². The Morgan fingerprint density at radius 1 is 1.33 bits per heavy atom. The van der Waals surface area contributed by atoms with E-state index in [1.54, 1.807) is 0 Å². The quantitative estimate of drug-likeness (QED) is 0.432. The van der Waals surface area contributed by atoms with Crippen molar-refractivity contribution in [2.75, 3.05) is 6.54 Å². The molecule has 0 aliphatic rings. The first-order chi connectivity index (χ1) is 11.6. The van der Waals surface area contributed by atoms with Crippen LogP contribution in [0.15, 0.2) is 30.3 Å². The van der Waals surface area contributed by atoms with Crippen molar-refractivity contribution in [3.63, 3.8) is 0 Å². The molecule has 0 radical (unpaired) electrons. The molecule has 2 rings (SSSR count). The van der Waals surface area contributed by atoms with Gasteiger partial charge in [0.25, 0.3) is 0 Å². The minimum atomic E-state index is -1.08. The van der Waals surface area contributed by atoms with Crippen LogP contribution in [0.5, 0.6) is 0 Å². The molecule has 128 valence electrons. The van der Waals surface area contributed by atoms with Gasteiger partial charge in [0.05, 0.1) is 11.0 Å². The summed E-state index contributed by atoms with van der Waals surface area (Å²) in [6.45, 7) is 2.62. The van der Waals surface area contributed by atoms with E-state index in [1.165, 1.54) is 0 Å². The zero-order valence-corrected chi connectivity index (χ0v) is 14.3. The number of hydrogen-bond donors (Lipinski definition) is 4. The number of thiocarbonyl (C=S) groups is 1. The second-order valence-electron chi connectivity index (χ2n) is 5.39. The Balaban J connectivity index is 1.98. The molecule has 24 heavy (non-hydrogen) atoms. The second kappa shape index (κ2) is 8.97. The highest BCUT2D eigenvalue weighted by atomic mass is 32.1. The number of aromatic amines is 1. The summed E-state index contributed by atoms with van der Waals surface area (Å²) in [6.07, 6.45) is 1.28. The highest BCUT2D eigenvalue weighted by molar-refractivity contribution is 7.80. The summed E-state index contributed by atoms with van der Waals surface area (Å²) in [4.78, 5) is 16.2. The lowest BCUT2D eigenvalue weighted by Gasteiger charge is -2.14. The molecule has 7 nitrogen and oxygen atoms in total. The van der Waals surface area contributed by atoms with E-state index in [4.69, 9.17) is 17.3 Å². The van der Waals surface area contributed by atoms with E-state index >= 15 is 0 Å². The summed E-state index contributed by atoms with van der Waals surface area (Å²) in [5.74, 6) is 1.08. The third kappa shape index (κ3) is 5.62. The van der Waals surface area contributed by atoms with Gasteiger partial charge in [-0.3, -0.25) is 5.10 Å². The van der Waals surface area contributed by atoms with Gasteiger partial charge in [0.1, 0.15) is 5.82 Å². The normalized spacial score (nSPS) is 11.7. The fourth-order valence-corrected chi connectivity index (χ4v) is 2.41. The molecule has 1 aromatic carbocycles. The Labute approximate surface area is 145 Å². The maximum Gasteiger partial charge on any atom is 0.405 e. The summed E-state index contributed by atoms with van der Waals surface area (Å²) in [5.41, 5.74) is 0.884. The van der Waals surface area contributed by atoms with Gasteiger partial charge < -0.3 is 15.7 Å². The maximum absolute atomic E-state index is 11.0. The minimum absolute atomic E-state index is 0.416. The van der Waals surface area contributed by atoms with Gasteiger partial charge in [-0.15, -0.1) is 0 Å². The predicted molar refractivity (Wildman–Crippen MR) is 95.8 cm³/mol. The largest absolute Gasteiger partial charge is 0.465 e. The molecule has 0 saturated heterocycles. The van der Waals surface area contributed by atoms with Crippen LogP contribution >= 0.6 is 12.2 Å². The van der Waals surface area contributed by atoms with Crippen LogP contribution in [-0.4, -0.2) is 37.9 Å². The number of carboxylic acid groups (broad SMARTS) is 1. The third-order valence-corrected chi connectivity index (χ3v) is 3.60. The molecule has 0 aliphatic heterocycles. The number of hydrogen-bond acceptors (Lipinski definition) is 4. The number of rotatable bonds is 8. The standard InChI is InChI=1S/C16H21N5O2S/c1-11(24)17-10-6-5-9-13(18-16(22)23)15-19-14(20-21-15)12-7-3-2-4-8-12/h2-4,7-8,13,18H,5-6,9-10H2,1H3,(H,17,24)(H,22,23)(H,19,20,21). The average Bonchev–Trinajstić information content (AvgIpc) is 3.03. The first-order valence-corrected chi connectivity index (χ1v) is 8.18. The summed E-state index contributed by atoms with van der Waals surface area (Å²) in [5, 5.41) is 21.7. The van der Waals surface area contributed by atoms with Crippen molar-refractivity contribution in [1.82, 2.24) is 25.8 Å². The van der Waals surface area contributed by atoms with Gasteiger partial charge in [0.2, 0.25) is 0 Å². The highest BCUT2D eigenvalue weighted by Crippen LogP contribution is 2.20. The van der Waals surface area contributed by atoms with Crippen molar-refractivity contribution in [3.05, 3.63) is 36.2 Å². The lowest BCUT2D eigenvalue weighted by Crippen LogP contribution is -2.28. The van der Waals surface area contributed by atoms with Gasteiger partial charge in [0.15, 0.2) is 5.82 Å². The highest BCUT2D eigenvalue weighted by Gasteiger charge is 2.18. The van der Waals surface area contributed by atoms with Crippen molar-refractivity contribution in [3.8, 4) is 11.4 Å². The molecule has 2 aromatic rings. The van der Waals surface area contributed by atoms with Gasteiger partial charge in [-0.05, 0) is 26.2 Å². The van der Waals surface area contributed by atoms with Crippen molar-refractivity contribution in [2.45, 2.75) is 32.2 Å². The molecule has 0 saturated carbocycles. The van der Waals surface area contributed by atoms with E-state index in [0.29, 0.717) is 18.1 Å². The fraction of sp³-hybridized carbons (Fsp3) is 0.375. The van der Waals surface area contributed by atoms with Crippen molar-refractivity contribution < 1.29 is 9.90 Å². The molecule has 1 atom stereocenters. The zero-order valence-electron chi connectivity index (χ0n) is 13.5. The molecular weight excluding hydrogens is 326 g/mol. The maximum atomic E-state index is 11.0. The number of aromatic nitrogens is 3. The first-order valence-electron chi connectivity index (χ1n) is 7.78. The molecule has 1 amide bonds. The van der Waals surface area contributed by atoms with E-state index in [1.807, 2.05) is 37.3 Å². The van der Waals surface area contributed by atoms with Crippen molar-refractivity contribution >= 4 is 23.3 Å². The van der Waals surface area contributed by atoms with Crippen LogP contribution in [0, 0.1) is 0 Å². The minimum Gasteiger partial charge on any atom is -0.465 e. The van der Waals surface area contributed by atoms with E-state index in [0.717, 1.165) is 29.9 Å². The van der Waals surface area contributed by atoms with Gasteiger partial charge in [-0.2, -0.15) is 5.10 Å². The lowest BCUT2D eigenvalue weighted by atomic mass is 10.1. The molecule has 0 bridgehead atoms. The lowest BCUT2D eigenvalue weighted by molar-refractivity contribution is 0.188. The predicted octanol–water partition coefficient (Wildman–Crippen LogP) is 2.89. The number of H-pyrrole nitrogens is 1. The molecule has 0 aliphatic carbocycles. The molecule has 1 aromatic heterocycles. The molecule has 4 N–H and O–H groups in total. The van der Waals surface area contributed by atoms with Crippen molar-refractivity contribution in [2.24, 2.45) is 0 Å². The van der Waals surface area contributed by atoms with Crippen molar-refractivity contribution in [1.29, 1.82) is 0 Å². The smallest absolute Gasteiger partial charge is 0.405 e. The van der Waals surface area contributed by atoms with Crippen LogP contribution in [0.25, 0.3) is 11.4 Å². The summed E-state index contributed by atoms with van der Waals surface area (Å²) >= 11 is 4.96. The van der Waals surface area contributed by atoms with Crippen LogP contribution in [0.4, 0.5) is 4.79 Å². The number of unbranched alkanes of at least 4 members (excludes halogenated alkanes) is 1. The topological polar surface area (TPSA) is 103 Å². The summed E-state index contributed by atoms with van der Waals surface area (Å²) in [7, 11) is 0. The third-order valence-electron chi connectivity index (χ3n) is 3.46. The van der Waals surface area contributed by atoms with Gasteiger partial charge >= 0.3 is 6.09 Å². The summed E-state index contributed by atoms with van der Waals surface area (Å²) in [6, 6.07) is 9.13. The van der Waals surface area contributed by atoms with Crippen LogP contribution in [0.3, 0.4) is 0 Å². The number of benzene rings is 1. The van der Waals surface area contributed by atoms with Gasteiger partial charge in [0, 0.05) is 12.1 Å². The van der Waals surface area contributed by atoms with E-state index in [-0.39, 0.29) is 0 Å². The zero-order chi connectivity index (χ0) is 17.4. The van der Waals surface area contributed by atoms with Crippen LogP contribution in [-0.2, 0) is 0 Å². The molecule has 0 fully saturated rings. The van der Waals surface area contributed by atoms with E-state index in [9.17, 15) is 4.79 Å². The molecule has 1 unspecified atom stereocenters. The molecular formula is C16H21N5O2S. The average molecular weight is 347 g/mol. The summed E-state index contributed by atoms with van der Waals surface area (Å²) < 4.78 is 0. The Kier molecular flexibility index (Phi) is 6.68. The van der Waals surface area contributed by atoms with Crippen LogP contribution in [0.2, 0.25) is 0 Å². The fourth-order valence-electron chi connectivity index (χ4n) is 2.31. The number of carbonyl (C=O) groups is 1. The Bertz CT molecular complexity index is 674. The number of amides is 1. The van der Waals surface area contributed by atoms with Crippen LogP contribution < -0.4 is 10.6 Å².